The van der Waals surface area contributed by atoms with Gasteiger partial charge in [-0.2, -0.15) is 5.10 Å². The second kappa shape index (κ2) is 4.77. The zero-order valence-corrected chi connectivity index (χ0v) is 9.99. The van der Waals surface area contributed by atoms with Crippen molar-refractivity contribution in [3.05, 3.63) is 18.0 Å². The molecule has 1 unspecified atom stereocenters. The summed E-state index contributed by atoms with van der Waals surface area (Å²) in [6, 6.07) is 0.268. The number of hydrogen-bond donors (Lipinski definition) is 2. The fourth-order valence-electron chi connectivity index (χ4n) is 1.27. The molecule has 1 rings (SSSR count). The number of nitrogens with zero attached hydrogens (tertiary/aromatic N) is 2. The van der Waals surface area contributed by atoms with E-state index in [2.05, 4.69) is 17.3 Å². The molecule has 0 radical (unpaired) electrons. The molecule has 15 heavy (non-hydrogen) atoms. The van der Waals surface area contributed by atoms with Crippen molar-refractivity contribution in [2.24, 2.45) is 12.5 Å². The van der Waals surface area contributed by atoms with Crippen molar-refractivity contribution in [1.82, 2.24) is 15.1 Å². The van der Waals surface area contributed by atoms with E-state index in [4.69, 9.17) is 5.11 Å². The maximum Gasteiger partial charge on any atom is 0.0537 e. The Hall–Kier alpha value is -0.870. The van der Waals surface area contributed by atoms with Gasteiger partial charge in [0, 0.05) is 43.4 Å². The number of aryl methyl sites for hydroxylation is 1. The molecule has 0 aromatic carbocycles. The van der Waals surface area contributed by atoms with Gasteiger partial charge in [0.1, 0.15) is 0 Å². The molecule has 0 aliphatic heterocycles. The highest BCUT2D eigenvalue weighted by Crippen LogP contribution is 2.16. The van der Waals surface area contributed by atoms with Gasteiger partial charge in [-0.3, -0.25) is 4.68 Å². The summed E-state index contributed by atoms with van der Waals surface area (Å²) in [5, 5.41) is 16.6. The molecule has 0 aliphatic rings. The van der Waals surface area contributed by atoms with E-state index in [0.29, 0.717) is 0 Å². The third-order valence-corrected chi connectivity index (χ3v) is 2.54. The topological polar surface area (TPSA) is 50.1 Å². The van der Waals surface area contributed by atoms with E-state index in [1.165, 1.54) is 5.56 Å². The highest BCUT2D eigenvalue weighted by molar-refractivity contribution is 5.08. The molecule has 0 fully saturated rings. The molecule has 0 bridgehead atoms. The van der Waals surface area contributed by atoms with Crippen LogP contribution in [0.25, 0.3) is 0 Å². The van der Waals surface area contributed by atoms with E-state index in [-0.39, 0.29) is 18.1 Å². The summed E-state index contributed by atoms with van der Waals surface area (Å²) in [6.45, 7) is 7.16. The van der Waals surface area contributed by atoms with Crippen molar-refractivity contribution in [3.8, 4) is 0 Å². The molecule has 4 nitrogen and oxygen atoms in total. The summed E-state index contributed by atoms with van der Waals surface area (Å²) >= 11 is 0. The molecule has 0 aliphatic carbocycles. The van der Waals surface area contributed by atoms with Crippen LogP contribution in [0.1, 0.15) is 32.4 Å². The lowest BCUT2D eigenvalue weighted by molar-refractivity contribution is 0.154. The Morgan fingerprint density at radius 1 is 1.60 bits per heavy atom. The number of aliphatic hydroxyl groups excluding tert-OH is 1. The van der Waals surface area contributed by atoms with E-state index in [0.717, 1.165) is 6.54 Å². The van der Waals surface area contributed by atoms with E-state index in [9.17, 15) is 0 Å². The van der Waals surface area contributed by atoms with Gasteiger partial charge in [-0.05, 0) is 6.92 Å². The van der Waals surface area contributed by atoms with Gasteiger partial charge in [-0.15, -0.1) is 0 Å². The number of aromatic nitrogens is 2. The van der Waals surface area contributed by atoms with Crippen molar-refractivity contribution in [3.63, 3.8) is 0 Å². The van der Waals surface area contributed by atoms with Gasteiger partial charge in [0.2, 0.25) is 0 Å². The predicted molar refractivity (Wildman–Crippen MR) is 60.5 cm³/mol. The van der Waals surface area contributed by atoms with Crippen molar-refractivity contribution in [2.45, 2.75) is 26.8 Å². The number of hydrogen-bond acceptors (Lipinski definition) is 3. The Morgan fingerprint density at radius 2 is 2.27 bits per heavy atom. The standard InChI is InChI=1S/C11H21N3O/c1-9(10-5-13-14(4)6-10)12-7-11(2,3)8-15/h5-6,9,12,15H,7-8H2,1-4H3. The predicted octanol–water partition coefficient (Wildman–Crippen LogP) is 1.09. The Bertz CT molecular complexity index is 307. The molecule has 4 heteroatoms. The van der Waals surface area contributed by atoms with Crippen LogP contribution in [0.2, 0.25) is 0 Å². The maximum absolute atomic E-state index is 9.13. The van der Waals surface area contributed by atoms with E-state index in [1.807, 2.05) is 33.3 Å². The molecule has 1 aromatic rings. The van der Waals surface area contributed by atoms with Crippen LogP contribution in [-0.4, -0.2) is 28.0 Å². The number of nitrogens with one attached hydrogen (secondary N) is 1. The van der Waals surface area contributed by atoms with Crippen molar-refractivity contribution < 1.29 is 5.11 Å². The zero-order chi connectivity index (χ0) is 11.5. The fraction of sp³-hybridized carbons (Fsp3) is 0.727. The highest BCUT2D eigenvalue weighted by Gasteiger charge is 2.17. The summed E-state index contributed by atoms with van der Waals surface area (Å²) in [6.07, 6.45) is 3.87. The average molecular weight is 211 g/mol. The normalized spacial score (nSPS) is 14.2. The molecular formula is C11H21N3O. The molecule has 2 N–H and O–H groups in total. The van der Waals surface area contributed by atoms with Crippen LogP contribution in [0.5, 0.6) is 0 Å². The van der Waals surface area contributed by atoms with Crippen LogP contribution in [0.3, 0.4) is 0 Å². The minimum atomic E-state index is -0.0729. The summed E-state index contributed by atoms with van der Waals surface area (Å²) < 4.78 is 1.80. The monoisotopic (exact) mass is 211 g/mol. The largest absolute Gasteiger partial charge is 0.396 e. The van der Waals surface area contributed by atoms with Crippen molar-refractivity contribution in [1.29, 1.82) is 0 Å². The molecule has 1 atom stereocenters. The van der Waals surface area contributed by atoms with Gasteiger partial charge in [-0.25, -0.2) is 0 Å². The Labute approximate surface area is 91.3 Å². The molecule has 1 heterocycles. The van der Waals surface area contributed by atoms with Crippen LogP contribution in [-0.2, 0) is 7.05 Å². The second-order valence-corrected chi connectivity index (χ2v) is 4.87. The van der Waals surface area contributed by atoms with E-state index < -0.39 is 0 Å². The van der Waals surface area contributed by atoms with Crippen LogP contribution >= 0.6 is 0 Å². The van der Waals surface area contributed by atoms with Crippen LogP contribution < -0.4 is 5.32 Å². The third-order valence-electron chi connectivity index (χ3n) is 2.54. The van der Waals surface area contributed by atoms with E-state index in [1.54, 1.807) is 4.68 Å². The van der Waals surface area contributed by atoms with Crippen LogP contribution in [0.15, 0.2) is 12.4 Å². The Kier molecular flexibility index (Phi) is 3.88. The molecule has 0 saturated carbocycles. The van der Waals surface area contributed by atoms with Crippen LogP contribution in [0.4, 0.5) is 0 Å². The maximum atomic E-state index is 9.13. The van der Waals surface area contributed by atoms with Gasteiger partial charge >= 0.3 is 0 Å². The first kappa shape index (κ1) is 12.2. The van der Waals surface area contributed by atoms with Gasteiger partial charge < -0.3 is 10.4 Å². The Morgan fingerprint density at radius 3 is 2.73 bits per heavy atom. The minimum absolute atomic E-state index is 0.0729. The SMILES string of the molecule is CC(NCC(C)(C)CO)c1cnn(C)c1. The van der Waals surface area contributed by atoms with Crippen molar-refractivity contribution >= 4 is 0 Å². The van der Waals surface area contributed by atoms with Gasteiger partial charge in [0.05, 0.1) is 6.20 Å². The molecule has 0 spiro atoms. The first-order valence-electron chi connectivity index (χ1n) is 5.27. The molecule has 86 valence electrons. The molecule has 0 saturated heterocycles. The van der Waals surface area contributed by atoms with Crippen molar-refractivity contribution in [2.75, 3.05) is 13.2 Å². The van der Waals surface area contributed by atoms with Gasteiger partial charge in [-0.1, -0.05) is 13.8 Å². The lowest BCUT2D eigenvalue weighted by atomic mass is 9.94. The third kappa shape index (κ3) is 3.64. The molecule has 1 aromatic heterocycles. The average Bonchev–Trinajstić information content (AvgIpc) is 2.61. The minimum Gasteiger partial charge on any atom is -0.396 e. The first-order valence-corrected chi connectivity index (χ1v) is 5.27. The van der Waals surface area contributed by atoms with Gasteiger partial charge in [0.15, 0.2) is 0 Å². The summed E-state index contributed by atoms with van der Waals surface area (Å²) in [7, 11) is 1.91. The smallest absolute Gasteiger partial charge is 0.0537 e. The highest BCUT2D eigenvalue weighted by atomic mass is 16.3. The summed E-state index contributed by atoms with van der Waals surface area (Å²) in [5.41, 5.74) is 1.10. The number of aliphatic hydroxyl groups is 1. The fourth-order valence-corrected chi connectivity index (χ4v) is 1.27. The number of rotatable bonds is 5. The van der Waals surface area contributed by atoms with Gasteiger partial charge in [0.25, 0.3) is 0 Å². The lowest BCUT2D eigenvalue weighted by Gasteiger charge is -2.24. The Balaban J connectivity index is 2.46. The summed E-state index contributed by atoms with van der Waals surface area (Å²) in [4.78, 5) is 0. The lowest BCUT2D eigenvalue weighted by Crippen LogP contribution is -2.33. The zero-order valence-electron chi connectivity index (χ0n) is 9.99. The first-order chi connectivity index (χ1) is 6.94. The molecule has 0 amide bonds. The summed E-state index contributed by atoms with van der Waals surface area (Å²) in [5.74, 6) is 0. The van der Waals surface area contributed by atoms with Crippen LogP contribution in [0, 0.1) is 5.41 Å². The second-order valence-electron chi connectivity index (χ2n) is 4.87. The van der Waals surface area contributed by atoms with E-state index >= 15 is 0 Å². The quantitative estimate of drug-likeness (QED) is 0.766. The molecular weight excluding hydrogens is 190 g/mol.